The summed E-state index contributed by atoms with van der Waals surface area (Å²) in [6.07, 6.45) is 6.50. The van der Waals surface area contributed by atoms with Gasteiger partial charge in [-0.1, -0.05) is 24.3 Å². The number of pyridine rings is 1. The second-order valence-corrected chi connectivity index (χ2v) is 8.53. The van der Waals surface area contributed by atoms with Crippen LogP contribution in [0.1, 0.15) is 61.0 Å². The van der Waals surface area contributed by atoms with Crippen molar-refractivity contribution in [3.63, 3.8) is 0 Å². The van der Waals surface area contributed by atoms with Crippen molar-refractivity contribution < 1.29 is 9.84 Å². The molecule has 2 fully saturated rings. The number of aryl methyl sites for hydroxylation is 1. The summed E-state index contributed by atoms with van der Waals surface area (Å²) in [5.74, 6) is 2.81. The van der Waals surface area contributed by atoms with Crippen molar-refractivity contribution in [3.8, 4) is 5.88 Å². The Labute approximate surface area is 171 Å². The van der Waals surface area contributed by atoms with E-state index in [2.05, 4.69) is 34.2 Å². The third-order valence-corrected chi connectivity index (χ3v) is 6.39. The molecule has 0 bridgehead atoms. The van der Waals surface area contributed by atoms with Crippen LogP contribution in [0, 0.1) is 12.8 Å². The van der Waals surface area contributed by atoms with Crippen LogP contribution in [0.2, 0.25) is 0 Å². The number of benzene rings is 1. The van der Waals surface area contributed by atoms with Crippen LogP contribution in [0.15, 0.2) is 42.6 Å². The van der Waals surface area contributed by atoms with Crippen molar-refractivity contribution >= 4 is 10.9 Å². The first-order valence-electron chi connectivity index (χ1n) is 10.7. The highest BCUT2D eigenvalue weighted by Gasteiger charge is 2.40. The van der Waals surface area contributed by atoms with E-state index in [0.717, 1.165) is 60.6 Å². The summed E-state index contributed by atoms with van der Waals surface area (Å²) >= 11 is 0. The quantitative estimate of drug-likeness (QED) is 0.694. The van der Waals surface area contributed by atoms with Gasteiger partial charge >= 0.3 is 0 Å². The van der Waals surface area contributed by atoms with Gasteiger partial charge in [0.15, 0.2) is 0 Å². The number of hydrogen-bond donors (Lipinski definition) is 1. The molecule has 2 aliphatic carbocycles. The number of fused-ring (bicyclic) bond motifs is 1. The summed E-state index contributed by atoms with van der Waals surface area (Å²) < 4.78 is 6.22. The van der Waals surface area contributed by atoms with Crippen molar-refractivity contribution in [2.75, 3.05) is 6.61 Å². The Morgan fingerprint density at radius 2 is 1.86 bits per heavy atom. The fraction of sp³-hybridized carbons (Fsp3) is 0.458. The first kappa shape index (κ1) is 18.5. The van der Waals surface area contributed by atoms with E-state index in [1.54, 1.807) is 0 Å². The number of nitrogens with zero attached hydrogens (tertiary/aromatic N) is 3. The molecule has 2 atom stereocenters. The number of aromatic nitrogens is 3. The fourth-order valence-corrected chi connectivity index (χ4v) is 4.51. The fourth-order valence-electron chi connectivity index (χ4n) is 4.51. The Kier molecular flexibility index (Phi) is 4.92. The van der Waals surface area contributed by atoms with Gasteiger partial charge in [-0.2, -0.15) is 4.98 Å². The van der Waals surface area contributed by atoms with E-state index in [-0.39, 0.29) is 6.10 Å². The first-order valence-corrected chi connectivity index (χ1v) is 10.7. The zero-order chi connectivity index (χ0) is 19.8. The lowest BCUT2D eigenvalue weighted by Gasteiger charge is -2.26. The van der Waals surface area contributed by atoms with E-state index in [1.165, 1.54) is 5.39 Å². The van der Waals surface area contributed by atoms with Gasteiger partial charge in [0.1, 0.15) is 5.82 Å². The molecule has 1 aromatic carbocycles. The molecule has 0 unspecified atom stereocenters. The standard InChI is InChI=1S/C24H27N3O2/c1-15-25-13-21(16-6-9-19(28)10-7-16)24(26-15)29-14-18-12-20(18)23-11-8-17-4-2-3-5-22(17)27-23/h2-5,8,11,13,16,18-20,28H,6-7,9-10,12,14H2,1H3/t16-,18-,19-,20-/m1/s1. The van der Waals surface area contributed by atoms with Crippen molar-refractivity contribution in [2.24, 2.45) is 5.92 Å². The Hall–Kier alpha value is -2.53. The summed E-state index contributed by atoms with van der Waals surface area (Å²) in [5.41, 5.74) is 3.32. The highest BCUT2D eigenvalue weighted by molar-refractivity contribution is 5.78. The second kappa shape index (κ2) is 7.71. The van der Waals surface area contributed by atoms with E-state index >= 15 is 0 Å². The van der Waals surface area contributed by atoms with Crippen LogP contribution in [0.25, 0.3) is 10.9 Å². The topological polar surface area (TPSA) is 68.1 Å². The SMILES string of the molecule is Cc1ncc([C@H]2CC[C@H](O)CC2)c(OC[C@H]2C[C@H]2c2ccc3ccccc3n2)n1. The molecular formula is C24H27N3O2. The van der Waals surface area contributed by atoms with Crippen molar-refractivity contribution in [3.05, 3.63) is 59.7 Å². The van der Waals surface area contributed by atoms with Gasteiger partial charge in [-0.15, -0.1) is 0 Å². The van der Waals surface area contributed by atoms with E-state index in [9.17, 15) is 5.11 Å². The van der Waals surface area contributed by atoms with Crippen LogP contribution in [-0.4, -0.2) is 32.8 Å². The van der Waals surface area contributed by atoms with E-state index in [4.69, 9.17) is 9.72 Å². The molecule has 0 spiro atoms. The molecule has 5 heteroatoms. The molecule has 0 amide bonds. The number of para-hydroxylation sites is 1. The molecule has 150 valence electrons. The molecule has 0 radical (unpaired) electrons. The molecule has 5 nitrogen and oxygen atoms in total. The number of aliphatic hydroxyl groups excluding tert-OH is 1. The second-order valence-electron chi connectivity index (χ2n) is 8.53. The molecule has 2 aliphatic rings. The smallest absolute Gasteiger partial charge is 0.220 e. The lowest BCUT2D eigenvalue weighted by Crippen LogP contribution is -2.18. The number of hydrogen-bond acceptors (Lipinski definition) is 5. The summed E-state index contributed by atoms with van der Waals surface area (Å²) in [7, 11) is 0. The maximum absolute atomic E-state index is 9.81. The Morgan fingerprint density at radius 1 is 1.03 bits per heavy atom. The van der Waals surface area contributed by atoms with Gasteiger partial charge in [-0.25, -0.2) is 4.98 Å². The molecule has 3 aromatic rings. The third kappa shape index (κ3) is 3.97. The number of rotatable bonds is 5. The van der Waals surface area contributed by atoms with Crippen LogP contribution in [0.4, 0.5) is 0 Å². The van der Waals surface area contributed by atoms with Gasteiger partial charge in [-0.05, 0) is 57.1 Å². The van der Waals surface area contributed by atoms with Gasteiger partial charge in [-0.3, -0.25) is 4.98 Å². The predicted molar refractivity (Wildman–Crippen MR) is 112 cm³/mol. The number of ether oxygens (including phenoxy) is 1. The van der Waals surface area contributed by atoms with E-state index in [1.807, 2.05) is 25.3 Å². The molecule has 29 heavy (non-hydrogen) atoms. The number of aliphatic hydroxyl groups is 1. The highest BCUT2D eigenvalue weighted by atomic mass is 16.5. The zero-order valence-corrected chi connectivity index (χ0v) is 16.8. The van der Waals surface area contributed by atoms with Gasteiger partial charge < -0.3 is 9.84 Å². The van der Waals surface area contributed by atoms with Crippen LogP contribution in [0.3, 0.4) is 0 Å². The summed E-state index contributed by atoms with van der Waals surface area (Å²) in [6, 6.07) is 12.6. The van der Waals surface area contributed by atoms with Gasteiger partial charge in [0.2, 0.25) is 5.88 Å². The minimum atomic E-state index is -0.163. The molecule has 2 heterocycles. The third-order valence-electron chi connectivity index (χ3n) is 6.39. The lowest BCUT2D eigenvalue weighted by molar-refractivity contribution is 0.121. The predicted octanol–water partition coefficient (Wildman–Crippen LogP) is 4.53. The van der Waals surface area contributed by atoms with Crippen molar-refractivity contribution in [2.45, 2.75) is 57.0 Å². The molecule has 0 aliphatic heterocycles. The summed E-state index contributed by atoms with van der Waals surface area (Å²) in [4.78, 5) is 13.8. The van der Waals surface area contributed by atoms with Gasteiger partial charge in [0, 0.05) is 34.7 Å². The molecular weight excluding hydrogens is 362 g/mol. The largest absolute Gasteiger partial charge is 0.477 e. The maximum atomic E-state index is 9.81. The van der Waals surface area contributed by atoms with Crippen molar-refractivity contribution in [1.82, 2.24) is 15.0 Å². The first-order chi connectivity index (χ1) is 14.2. The molecule has 0 saturated heterocycles. The minimum Gasteiger partial charge on any atom is -0.477 e. The van der Waals surface area contributed by atoms with Crippen LogP contribution in [-0.2, 0) is 0 Å². The van der Waals surface area contributed by atoms with E-state index < -0.39 is 0 Å². The molecule has 2 saturated carbocycles. The molecule has 5 rings (SSSR count). The molecule has 1 N–H and O–H groups in total. The Bertz CT molecular complexity index is 1010. The molecule has 2 aromatic heterocycles. The zero-order valence-electron chi connectivity index (χ0n) is 16.8. The highest BCUT2D eigenvalue weighted by Crippen LogP contribution is 2.47. The average molecular weight is 389 g/mol. The normalized spacial score (nSPS) is 26.4. The van der Waals surface area contributed by atoms with E-state index in [0.29, 0.717) is 24.4 Å². The van der Waals surface area contributed by atoms with Gasteiger partial charge in [0.25, 0.3) is 0 Å². The Balaban J connectivity index is 1.26. The average Bonchev–Trinajstić information content (AvgIpc) is 3.52. The monoisotopic (exact) mass is 389 g/mol. The summed E-state index contributed by atoms with van der Waals surface area (Å²) in [5, 5.41) is 11.0. The van der Waals surface area contributed by atoms with Crippen molar-refractivity contribution in [1.29, 1.82) is 0 Å². The minimum absolute atomic E-state index is 0.163. The lowest BCUT2D eigenvalue weighted by atomic mass is 9.83. The van der Waals surface area contributed by atoms with Gasteiger partial charge in [0.05, 0.1) is 18.2 Å². The Morgan fingerprint density at radius 3 is 2.72 bits per heavy atom. The van der Waals surface area contributed by atoms with Crippen LogP contribution >= 0.6 is 0 Å². The van der Waals surface area contributed by atoms with Crippen LogP contribution in [0.5, 0.6) is 5.88 Å². The maximum Gasteiger partial charge on any atom is 0.220 e. The van der Waals surface area contributed by atoms with Crippen LogP contribution < -0.4 is 4.74 Å². The summed E-state index contributed by atoms with van der Waals surface area (Å²) in [6.45, 7) is 2.57.